The smallest absolute Gasteiger partial charge is 0.327 e. The Labute approximate surface area is 95.8 Å². The van der Waals surface area contributed by atoms with Gasteiger partial charge < -0.3 is 4.74 Å². The number of carbonyl (C=O) groups is 1. The van der Waals surface area contributed by atoms with Crippen molar-refractivity contribution >= 4 is 15.8 Å². The molecular weight excluding hydrogens is 230 g/mol. The summed E-state index contributed by atoms with van der Waals surface area (Å²) in [6.45, 7) is 3.91. The first-order chi connectivity index (χ1) is 7.46. The Kier molecular flexibility index (Phi) is 4.09. The van der Waals surface area contributed by atoms with Crippen molar-refractivity contribution in [1.82, 2.24) is 5.32 Å². The Morgan fingerprint density at radius 3 is 2.81 bits per heavy atom. The van der Waals surface area contributed by atoms with Crippen LogP contribution in [0.5, 0.6) is 0 Å². The van der Waals surface area contributed by atoms with E-state index >= 15 is 0 Å². The van der Waals surface area contributed by atoms with Gasteiger partial charge in [-0.3, -0.25) is 10.1 Å². The average Bonchev–Trinajstić information content (AvgIpc) is 2.24. The fourth-order valence-electron chi connectivity index (χ4n) is 1.95. The van der Waals surface area contributed by atoms with E-state index in [0.717, 1.165) is 0 Å². The monoisotopic (exact) mass is 247 g/mol. The number of sulfone groups is 1. The lowest BCUT2D eigenvalue weighted by molar-refractivity contribution is -0.148. The minimum atomic E-state index is -3.17. The van der Waals surface area contributed by atoms with Gasteiger partial charge in [-0.05, 0) is 12.8 Å². The van der Waals surface area contributed by atoms with Crippen LogP contribution in [0.2, 0.25) is 0 Å². The van der Waals surface area contributed by atoms with E-state index in [1.165, 1.54) is 7.11 Å². The first-order valence-electron chi connectivity index (χ1n) is 5.10. The zero-order valence-corrected chi connectivity index (χ0v) is 10.2. The Bertz CT molecular complexity index is 376. The highest BCUT2D eigenvalue weighted by Crippen LogP contribution is 2.24. The maximum Gasteiger partial charge on any atom is 0.327 e. The summed E-state index contributed by atoms with van der Waals surface area (Å²) < 4.78 is 27.8. The number of hydrogen-bond acceptors (Lipinski definition) is 5. The number of methoxy groups -OCH3 is 1. The van der Waals surface area contributed by atoms with Crippen molar-refractivity contribution in [1.29, 1.82) is 0 Å². The molecule has 1 saturated heterocycles. The normalized spacial score (nSPS) is 28.3. The Morgan fingerprint density at radius 1 is 1.62 bits per heavy atom. The van der Waals surface area contributed by atoms with Crippen molar-refractivity contribution in [2.24, 2.45) is 0 Å². The molecule has 6 heteroatoms. The summed E-state index contributed by atoms with van der Waals surface area (Å²) in [5, 5.41) is 2.92. The molecule has 0 aromatic rings. The van der Waals surface area contributed by atoms with Crippen molar-refractivity contribution in [2.75, 3.05) is 25.2 Å². The van der Waals surface area contributed by atoms with Crippen LogP contribution in [-0.4, -0.2) is 45.1 Å². The third-order valence-electron chi connectivity index (χ3n) is 2.69. The topological polar surface area (TPSA) is 72.5 Å². The predicted octanol–water partition coefficient (Wildman–Crippen LogP) is -0.118. The lowest BCUT2D eigenvalue weighted by atomic mass is 9.95. The molecule has 1 rings (SSSR count). The number of rotatable bonds is 4. The van der Waals surface area contributed by atoms with Gasteiger partial charge in [0.1, 0.15) is 5.54 Å². The summed E-state index contributed by atoms with van der Waals surface area (Å²) in [4.78, 5) is 11.7. The summed E-state index contributed by atoms with van der Waals surface area (Å²) in [6, 6.07) is 0. The Morgan fingerprint density at radius 2 is 2.31 bits per heavy atom. The fourth-order valence-corrected chi connectivity index (χ4v) is 3.79. The molecule has 0 aromatic heterocycles. The van der Waals surface area contributed by atoms with Gasteiger partial charge in [-0.1, -0.05) is 6.08 Å². The second kappa shape index (κ2) is 4.97. The van der Waals surface area contributed by atoms with Crippen LogP contribution in [0.15, 0.2) is 12.7 Å². The second-order valence-corrected chi connectivity index (χ2v) is 6.12. The summed E-state index contributed by atoms with van der Waals surface area (Å²) in [6.07, 6.45) is 2.54. The van der Waals surface area contributed by atoms with E-state index in [2.05, 4.69) is 16.6 Å². The molecule has 0 amide bonds. The van der Waals surface area contributed by atoms with Gasteiger partial charge in [0.05, 0.1) is 18.6 Å². The minimum Gasteiger partial charge on any atom is -0.468 e. The van der Waals surface area contributed by atoms with Crippen LogP contribution in [0.4, 0.5) is 0 Å². The molecule has 1 heterocycles. The molecule has 1 aliphatic rings. The van der Waals surface area contributed by atoms with Crippen molar-refractivity contribution in [3.8, 4) is 0 Å². The predicted molar refractivity (Wildman–Crippen MR) is 60.8 cm³/mol. The number of carbonyl (C=O) groups excluding carboxylic acids is 1. The molecule has 1 unspecified atom stereocenters. The molecule has 5 nitrogen and oxygen atoms in total. The van der Waals surface area contributed by atoms with E-state index in [1.807, 2.05) is 0 Å². The van der Waals surface area contributed by atoms with E-state index in [-0.39, 0.29) is 11.5 Å². The molecule has 0 bridgehead atoms. The van der Waals surface area contributed by atoms with Gasteiger partial charge in [-0.25, -0.2) is 8.42 Å². The molecule has 0 radical (unpaired) electrons. The van der Waals surface area contributed by atoms with Crippen LogP contribution in [-0.2, 0) is 19.4 Å². The maximum atomic E-state index is 11.7. The largest absolute Gasteiger partial charge is 0.468 e. The lowest BCUT2D eigenvalue weighted by Crippen LogP contribution is -2.59. The van der Waals surface area contributed by atoms with Gasteiger partial charge in [0.2, 0.25) is 0 Å². The second-order valence-electron chi connectivity index (χ2n) is 3.94. The van der Waals surface area contributed by atoms with Gasteiger partial charge >= 0.3 is 5.97 Å². The highest BCUT2D eigenvalue weighted by atomic mass is 32.2. The Balaban J connectivity index is 2.94. The SMILES string of the molecule is C=CCNC1(C(=O)OC)CCCS(=O)(=O)C1. The van der Waals surface area contributed by atoms with Gasteiger partial charge in [0, 0.05) is 6.54 Å². The molecule has 0 spiro atoms. The molecule has 1 fully saturated rings. The summed E-state index contributed by atoms with van der Waals surface area (Å²) in [7, 11) is -1.91. The quantitative estimate of drug-likeness (QED) is 0.554. The molecule has 0 aromatic carbocycles. The zero-order chi connectivity index (χ0) is 12.2. The van der Waals surface area contributed by atoms with E-state index in [1.54, 1.807) is 6.08 Å². The summed E-state index contributed by atoms with van der Waals surface area (Å²) >= 11 is 0. The number of nitrogens with one attached hydrogen (secondary N) is 1. The molecule has 0 saturated carbocycles. The number of ether oxygens (including phenoxy) is 1. The third kappa shape index (κ3) is 2.82. The van der Waals surface area contributed by atoms with E-state index < -0.39 is 21.3 Å². The first-order valence-corrected chi connectivity index (χ1v) is 6.93. The molecule has 1 N–H and O–H groups in total. The fraction of sp³-hybridized carbons (Fsp3) is 0.700. The number of hydrogen-bond donors (Lipinski definition) is 1. The van der Waals surface area contributed by atoms with Crippen LogP contribution < -0.4 is 5.32 Å². The van der Waals surface area contributed by atoms with Crippen LogP contribution in [0, 0.1) is 0 Å². The zero-order valence-electron chi connectivity index (χ0n) is 9.36. The highest BCUT2D eigenvalue weighted by molar-refractivity contribution is 7.91. The van der Waals surface area contributed by atoms with Gasteiger partial charge in [0.15, 0.2) is 9.84 Å². The maximum absolute atomic E-state index is 11.7. The minimum absolute atomic E-state index is 0.140. The summed E-state index contributed by atoms with van der Waals surface area (Å²) in [5.74, 6) is -0.570. The summed E-state index contributed by atoms with van der Waals surface area (Å²) in [5.41, 5.74) is -1.10. The van der Waals surface area contributed by atoms with Crippen molar-refractivity contribution in [3.05, 3.63) is 12.7 Å². The molecule has 1 aliphatic heterocycles. The standard InChI is InChI=1S/C10H17NO4S/c1-3-6-11-10(9(12)15-2)5-4-7-16(13,14)8-10/h3,11H,1,4-8H2,2H3. The molecule has 16 heavy (non-hydrogen) atoms. The molecule has 1 atom stereocenters. The van der Waals surface area contributed by atoms with Crippen LogP contribution in [0.3, 0.4) is 0 Å². The van der Waals surface area contributed by atoms with E-state index in [9.17, 15) is 13.2 Å². The third-order valence-corrected chi connectivity index (χ3v) is 4.53. The van der Waals surface area contributed by atoms with E-state index in [0.29, 0.717) is 19.4 Å². The van der Waals surface area contributed by atoms with Crippen molar-refractivity contribution in [3.63, 3.8) is 0 Å². The van der Waals surface area contributed by atoms with Crippen LogP contribution in [0.25, 0.3) is 0 Å². The lowest BCUT2D eigenvalue weighted by Gasteiger charge is -2.34. The van der Waals surface area contributed by atoms with E-state index in [4.69, 9.17) is 0 Å². The number of esters is 1. The molecule has 0 aliphatic carbocycles. The van der Waals surface area contributed by atoms with Crippen molar-refractivity contribution in [2.45, 2.75) is 18.4 Å². The van der Waals surface area contributed by atoms with Crippen LogP contribution >= 0.6 is 0 Å². The van der Waals surface area contributed by atoms with Gasteiger partial charge in [-0.2, -0.15) is 0 Å². The van der Waals surface area contributed by atoms with Crippen molar-refractivity contribution < 1.29 is 17.9 Å². The van der Waals surface area contributed by atoms with Gasteiger partial charge in [0.25, 0.3) is 0 Å². The molecular formula is C10H17NO4S. The van der Waals surface area contributed by atoms with Gasteiger partial charge in [-0.15, -0.1) is 6.58 Å². The Hall–Kier alpha value is -0.880. The first kappa shape index (κ1) is 13.2. The average molecular weight is 247 g/mol. The van der Waals surface area contributed by atoms with Crippen LogP contribution in [0.1, 0.15) is 12.8 Å². The highest BCUT2D eigenvalue weighted by Gasteiger charge is 2.45. The molecule has 92 valence electrons.